The minimum atomic E-state index is -0.906. The maximum atomic E-state index is 10.9. The van der Waals surface area contributed by atoms with Gasteiger partial charge in [-0.25, -0.2) is 4.79 Å². The van der Waals surface area contributed by atoms with Crippen LogP contribution in [-0.4, -0.2) is 17.7 Å². The van der Waals surface area contributed by atoms with E-state index in [2.05, 4.69) is 0 Å². The maximum Gasteiger partial charge on any atom is 0.337 e. The standard InChI is InChI=1S/C11H12O3/c1-7-2-3-8-4-5-14-10(11(12)13)9(8)6-7/h2-3,6,10H,4-5H2,1H3,(H,12,13). The van der Waals surface area contributed by atoms with Gasteiger partial charge in [-0.05, 0) is 24.5 Å². The first-order valence-corrected chi connectivity index (χ1v) is 4.62. The minimum Gasteiger partial charge on any atom is -0.479 e. The number of aryl methyl sites for hydroxylation is 1. The van der Waals surface area contributed by atoms with Crippen LogP contribution in [0.2, 0.25) is 0 Å². The van der Waals surface area contributed by atoms with Crippen LogP contribution in [0.1, 0.15) is 22.8 Å². The third-order valence-electron chi connectivity index (χ3n) is 2.46. The number of fused-ring (bicyclic) bond motifs is 1. The SMILES string of the molecule is Cc1ccc2c(c1)C(C(=O)O)OCC2. The molecular formula is C11H12O3. The molecule has 3 nitrogen and oxygen atoms in total. The van der Waals surface area contributed by atoms with E-state index in [-0.39, 0.29) is 0 Å². The van der Waals surface area contributed by atoms with Crippen molar-refractivity contribution in [2.75, 3.05) is 6.61 Å². The van der Waals surface area contributed by atoms with Gasteiger partial charge in [-0.3, -0.25) is 0 Å². The van der Waals surface area contributed by atoms with Crippen LogP contribution in [-0.2, 0) is 16.0 Å². The summed E-state index contributed by atoms with van der Waals surface area (Å²) in [6.07, 6.45) is 0.0259. The van der Waals surface area contributed by atoms with Gasteiger partial charge in [0.25, 0.3) is 0 Å². The fourth-order valence-electron chi connectivity index (χ4n) is 1.77. The molecule has 0 radical (unpaired) electrons. The highest BCUT2D eigenvalue weighted by atomic mass is 16.5. The van der Waals surface area contributed by atoms with Crippen molar-refractivity contribution >= 4 is 5.97 Å². The second-order valence-electron chi connectivity index (χ2n) is 3.54. The molecule has 1 N–H and O–H groups in total. The number of carboxylic acid groups (broad SMARTS) is 1. The number of ether oxygens (including phenoxy) is 1. The molecular weight excluding hydrogens is 180 g/mol. The van der Waals surface area contributed by atoms with Crippen LogP contribution < -0.4 is 0 Å². The van der Waals surface area contributed by atoms with Crippen molar-refractivity contribution < 1.29 is 14.6 Å². The van der Waals surface area contributed by atoms with E-state index in [1.165, 1.54) is 0 Å². The lowest BCUT2D eigenvalue weighted by Gasteiger charge is -2.23. The molecule has 0 spiro atoms. The quantitative estimate of drug-likeness (QED) is 0.736. The fraction of sp³-hybridized carbons (Fsp3) is 0.364. The Labute approximate surface area is 82.3 Å². The third-order valence-corrected chi connectivity index (χ3v) is 2.46. The number of benzene rings is 1. The number of hydrogen-bond acceptors (Lipinski definition) is 2. The summed E-state index contributed by atoms with van der Waals surface area (Å²) < 4.78 is 5.22. The fourth-order valence-corrected chi connectivity index (χ4v) is 1.77. The molecule has 0 bridgehead atoms. The Hall–Kier alpha value is -1.35. The molecule has 0 saturated carbocycles. The van der Waals surface area contributed by atoms with Gasteiger partial charge in [0.1, 0.15) is 0 Å². The van der Waals surface area contributed by atoms with Crippen LogP contribution >= 0.6 is 0 Å². The molecule has 1 aliphatic rings. The molecule has 0 fully saturated rings. The second kappa shape index (κ2) is 3.42. The predicted octanol–water partition coefficient (Wildman–Crippen LogP) is 1.69. The Bertz CT molecular complexity index is 371. The Kier molecular flexibility index (Phi) is 2.25. The first-order chi connectivity index (χ1) is 6.68. The van der Waals surface area contributed by atoms with Crippen LogP contribution in [0.15, 0.2) is 18.2 Å². The second-order valence-corrected chi connectivity index (χ2v) is 3.54. The molecule has 0 aliphatic carbocycles. The molecule has 1 unspecified atom stereocenters. The van der Waals surface area contributed by atoms with Crippen LogP contribution in [0.4, 0.5) is 0 Å². The number of rotatable bonds is 1. The van der Waals surface area contributed by atoms with E-state index in [0.717, 1.165) is 23.1 Å². The van der Waals surface area contributed by atoms with Crippen molar-refractivity contribution in [1.29, 1.82) is 0 Å². The Balaban J connectivity index is 2.46. The highest BCUT2D eigenvalue weighted by molar-refractivity contribution is 5.75. The Morgan fingerprint density at radius 2 is 2.36 bits per heavy atom. The molecule has 2 rings (SSSR count). The van der Waals surface area contributed by atoms with E-state index >= 15 is 0 Å². The summed E-state index contributed by atoms with van der Waals surface area (Å²) >= 11 is 0. The van der Waals surface area contributed by atoms with Gasteiger partial charge in [0.2, 0.25) is 0 Å². The van der Waals surface area contributed by atoms with Gasteiger partial charge in [0.15, 0.2) is 6.10 Å². The van der Waals surface area contributed by atoms with E-state index in [1.807, 2.05) is 25.1 Å². The van der Waals surface area contributed by atoms with Crippen molar-refractivity contribution in [3.8, 4) is 0 Å². The van der Waals surface area contributed by atoms with Crippen LogP contribution in [0.5, 0.6) is 0 Å². The minimum absolute atomic E-state index is 0.493. The molecule has 1 heterocycles. The highest BCUT2D eigenvalue weighted by Crippen LogP contribution is 2.27. The molecule has 0 amide bonds. The molecule has 0 aromatic heterocycles. The summed E-state index contributed by atoms with van der Waals surface area (Å²) in [5.74, 6) is -0.906. The Morgan fingerprint density at radius 3 is 3.07 bits per heavy atom. The number of carbonyl (C=O) groups is 1. The smallest absolute Gasteiger partial charge is 0.337 e. The normalized spacial score (nSPS) is 20.2. The maximum absolute atomic E-state index is 10.9. The molecule has 3 heteroatoms. The summed E-state index contributed by atoms with van der Waals surface area (Å²) in [6, 6.07) is 5.89. The molecule has 1 aromatic carbocycles. The first-order valence-electron chi connectivity index (χ1n) is 4.62. The zero-order valence-electron chi connectivity index (χ0n) is 7.99. The van der Waals surface area contributed by atoms with Crippen LogP contribution in [0.25, 0.3) is 0 Å². The summed E-state index contributed by atoms with van der Waals surface area (Å²) in [7, 11) is 0. The predicted molar refractivity (Wildman–Crippen MR) is 51.2 cm³/mol. The van der Waals surface area contributed by atoms with Crippen molar-refractivity contribution in [1.82, 2.24) is 0 Å². The molecule has 14 heavy (non-hydrogen) atoms. The van der Waals surface area contributed by atoms with E-state index < -0.39 is 12.1 Å². The first kappa shape index (κ1) is 9.21. The van der Waals surface area contributed by atoms with Crippen LogP contribution in [0.3, 0.4) is 0 Å². The Morgan fingerprint density at radius 1 is 1.57 bits per heavy atom. The summed E-state index contributed by atoms with van der Waals surface area (Å²) in [4.78, 5) is 10.9. The summed E-state index contributed by atoms with van der Waals surface area (Å²) in [5, 5.41) is 8.95. The largest absolute Gasteiger partial charge is 0.479 e. The average molecular weight is 192 g/mol. The molecule has 1 aromatic rings. The van der Waals surface area contributed by atoms with E-state index in [9.17, 15) is 4.79 Å². The summed E-state index contributed by atoms with van der Waals surface area (Å²) in [6.45, 7) is 2.45. The zero-order valence-corrected chi connectivity index (χ0v) is 7.99. The van der Waals surface area contributed by atoms with E-state index in [4.69, 9.17) is 9.84 Å². The molecule has 1 aliphatic heterocycles. The van der Waals surface area contributed by atoms with E-state index in [1.54, 1.807) is 0 Å². The lowest BCUT2D eigenvalue weighted by atomic mass is 9.96. The van der Waals surface area contributed by atoms with Gasteiger partial charge in [0.05, 0.1) is 6.61 Å². The lowest BCUT2D eigenvalue weighted by molar-refractivity contribution is -0.151. The number of hydrogen-bond donors (Lipinski definition) is 1. The van der Waals surface area contributed by atoms with Crippen molar-refractivity contribution in [3.63, 3.8) is 0 Å². The number of aliphatic carboxylic acids is 1. The summed E-state index contributed by atoms with van der Waals surface area (Å²) in [5.41, 5.74) is 2.97. The van der Waals surface area contributed by atoms with Gasteiger partial charge in [-0.1, -0.05) is 23.8 Å². The topological polar surface area (TPSA) is 46.5 Å². The average Bonchev–Trinajstić information content (AvgIpc) is 2.16. The zero-order chi connectivity index (χ0) is 10.1. The highest BCUT2D eigenvalue weighted by Gasteiger charge is 2.26. The van der Waals surface area contributed by atoms with Crippen molar-refractivity contribution in [2.24, 2.45) is 0 Å². The molecule has 0 saturated heterocycles. The monoisotopic (exact) mass is 192 g/mol. The van der Waals surface area contributed by atoms with Gasteiger partial charge < -0.3 is 9.84 Å². The number of carboxylic acids is 1. The molecule has 1 atom stereocenters. The van der Waals surface area contributed by atoms with Gasteiger partial charge in [0, 0.05) is 0 Å². The van der Waals surface area contributed by atoms with Crippen molar-refractivity contribution in [3.05, 3.63) is 34.9 Å². The third kappa shape index (κ3) is 1.51. The van der Waals surface area contributed by atoms with Crippen molar-refractivity contribution in [2.45, 2.75) is 19.4 Å². The van der Waals surface area contributed by atoms with Gasteiger partial charge in [-0.2, -0.15) is 0 Å². The van der Waals surface area contributed by atoms with Gasteiger partial charge in [-0.15, -0.1) is 0 Å². The van der Waals surface area contributed by atoms with Gasteiger partial charge >= 0.3 is 5.97 Å². The van der Waals surface area contributed by atoms with Crippen LogP contribution in [0, 0.1) is 6.92 Å². The molecule has 74 valence electrons. The van der Waals surface area contributed by atoms with E-state index in [0.29, 0.717) is 6.61 Å². The lowest BCUT2D eigenvalue weighted by Crippen LogP contribution is -2.23.